The molecule has 0 radical (unpaired) electrons. The molecular formula is C20H27ClN2O. The zero-order valence-electron chi connectivity index (χ0n) is 14.3. The minimum atomic E-state index is -0.200. The minimum Gasteiger partial charge on any atom is -0.341 e. The number of halogens is 1. The van der Waals surface area contributed by atoms with Gasteiger partial charge < -0.3 is 10.2 Å². The molecule has 2 saturated heterocycles. The van der Waals surface area contributed by atoms with E-state index in [0.29, 0.717) is 18.0 Å². The van der Waals surface area contributed by atoms with E-state index in [1.54, 1.807) is 0 Å². The van der Waals surface area contributed by atoms with Crippen molar-refractivity contribution in [2.75, 3.05) is 13.1 Å². The largest absolute Gasteiger partial charge is 0.341 e. The van der Waals surface area contributed by atoms with Gasteiger partial charge in [-0.3, -0.25) is 4.79 Å². The number of carbonyl (C=O) groups excluding carboxylic acids is 1. The Hall–Kier alpha value is -1.06. The molecule has 130 valence electrons. The van der Waals surface area contributed by atoms with Gasteiger partial charge in [-0.15, -0.1) is 0 Å². The second kappa shape index (κ2) is 6.68. The predicted molar refractivity (Wildman–Crippen MR) is 97.2 cm³/mol. The number of nitrogens with zero attached hydrogens (tertiary/aromatic N) is 1. The summed E-state index contributed by atoms with van der Waals surface area (Å²) in [5.41, 5.74) is 1.00. The highest BCUT2D eigenvalue weighted by atomic mass is 35.5. The van der Waals surface area contributed by atoms with Crippen molar-refractivity contribution in [3.63, 3.8) is 0 Å². The van der Waals surface area contributed by atoms with Crippen molar-refractivity contribution in [2.24, 2.45) is 5.41 Å². The maximum Gasteiger partial charge on any atom is 0.229 e. The quantitative estimate of drug-likeness (QED) is 0.903. The molecule has 1 aliphatic carbocycles. The summed E-state index contributed by atoms with van der Waals surface area (Å²) in [6, 6.07) is 9.18. The number of hydrogen-bond acceptors (Lipinski definition) is 2. The average Bonchev–Trinajstić information content (AvgIpc) is 3.14. The van der Waals surface area contributed by atoms with Crippen molar-refractivity contribution in [1.29, 1.82) is 0 Å². The lowest BCUT2D eigenvalue weighted by atomic mass is 9.78. The van der Waals surface area contributed by atoms with Crippen LogP contribution in [-0.4, -0.2) is 36.0 Å². The van der Waals surface area contributed by atoms with Gasteiger partial charge in [0.2, 0.25) is 5.91 Å². The van der Waals surface area contributed by atoms with Crippen LogP contribution >= 0.6 is 11.6 Å². The van der Waals surface area contributed by atoms with E-state index in [2.05, 4.69) is 16.3 Å². The number of nitrogens with one attached hydrogen (secondary N) is 1. The van der Waals surface area contributed by atoms with E-state index in [-0.39, 0.29) is 5.41 Å². The van der Waals surface area contributed by atoms with Crippen LogP contribution in [0.5, 0.6) is 0 Å². The van der Waals surface area contributed by atoms with Gasteiger partial charge in [0, 0.05) is 30.2 Å². The summed E-state index contributed by atoms with van der Waals surface area (Å²) in [7, 11) is 0. The summed E-state index contributed by atoms with van der Waals surface area (Å²) in [6.07, 6.45) is 8.83. The first-order chi connectivity index (χ1) is 11.6. The Morgan fingerprint density at radius 2 is 2.00 bits per heavy atom. The van der Waals surface area contributed by atoms with Crippen LogP contribution in [0.25, 0.3) is 0 Å². The van der Waals surface area contributed by atoms with Crippen LogP contribution in [0.2, 0.25) is 5.02 Å². The van der Waals surface area contributed by atoms with Crippen LogP contribution in [0.1, 0.15) is 50.5 Å². The molecule has 0 spiro atoms. The van der Waals surface area contributed by atoms with E-state index in [1.165, 1.54) is 31.2 Å². The molecule has 2 atom stereocenters. The molecule has 1 aromatic rings. The number of carbonyl (C=O) groups is 1. The van der Waals surface area contributed by atoms with Crippen molar-refractivity contribution >= 4 is 17.5 Å². The molecule has 3 fully saturated rings. The molecule has 1 amide bonds. The van der Waals surface area contributed by atoms with E-state index in [0.717, 1.165) is 43.8 Å². The maximum absolute atomic E-state index is 13.5. The standard InChI is InChI=1S/C20H27ClN2O/c21-16-5-3-4-15(12-16)13-20(9-1-2-10-20)19(24)23-11-8-17-6-7-18(14-23)22-17/h3-5,12,17-18,22H,1-2,6-11,13-14H2. The lowest BCUT2D eigenvalue weighted by molar-refractivity contribution is -0.142. The lowest BCUT2D eigenvalue weighted by Crippen LogP contribution is -2.47. The Morgan fingerprint density at radius 3 is 2.79 bits per heavy atom. The topological polar surface area (TPSA) is 32.3 Å². The SMILES string of the molecule is O=C(N1CCC2CCC(C1)N2)C1(Cc2cccc(Cl)c2)CCCC1. The number of amides is 1. The number of benzene rings is 1. The van der Waals surface area contributed by atoms with Crippen molar-refractivity contribution < 1.29 is 4.79 Å². The van der Waals surface area contributed by atoms with Gasteiger partial charge in [0.15, 0.2) is 0 Å². The van der Waals surface area contributed by atoms with E-state index in [1.807, 2.05) is 18.2 Å². The number of fused-ring (bicyclic) bond motifs is 2. The summed E-state index contributed by atoms with van der Waals surface area (Å²) >= 11 is 6.16. The second-order valence-corrected chi connectivity index (χ2v) is 8.41. The van der Waals surface area contributed by atoms with Gasteiger partial charge in [0.25, 0.3) is 0 Å². The van der Waals surface area contributed by atoms with Crippen molar-refractivity contribution in [2.45, 2.75) is 63.5 Å². The van der Waals surface area contributed by atoms with Gasteiger partial charge in [0.05, 0.1) is 5.41 Å². The van der Waals surface area contributed by atoms with Gasteiger partial charge in [-0.25, -0.2) is 0 Å². The Balaban J connectivity index is 1.54. The van der Waals surface area contributed by atoms with Gasteiger partial charge in [0.1, 0.15) is 0 Å². The molecule has 2 aliphatic heterocycles. The van der Waals surface area contributed by atoms with Gasteiger partial charge in [-0.1, -0.05) is 36.6 Å². The van der Waals surface area contributed by atoms with Gasteiger partial charge in [-0.2, -0.15) is 0 Å². The molecule has 1 saturated carbocycles. The van der Waals surface area contributed by atoms with Crippen molar-refractivity contribution in [3.8, 4) is 0 Å². The van der Waals surface area contributed by atoms with Crippen LogP contribution in [0.4, 0.5) is 0 Å². The number of likely N-dealkylation sites (tertiary alicyclic amines) is 1. The third-order valence-corrected chi connectivity index (χ3v) is 6.49. The third-order valence-electron chi connectivity index (χ3n) is 6.26. The van der Waals surface area contributed by atoms with Gasteiger partial charge in [-0.05, 0) is 56.2 Å². The maximum atomic E-state index is 13.5. The van der Waals surface area contributed by atoms with Crippen LogP contribution in [0.3, 0.4) is 0 Å². The molecule has 3 nitrogen and oxygen atoms in total. The molecule has 0 aromatic heterocycles. The Bertz CT molecular complexity index is 611. The van der Waals surface area contributed by atoms with E-state index in [9.17, 15) is 4.79 Å². The van der Waals surface area contributed by atoms with Crippen LogP contribution in [0, 0.1) is 5.41 Å². The molecule has 2 heterocycles. The minimum absolute atomic E-state index is 0.200. The Labute approximate surface area is 149 Å². The molecule has 2 unspecified atom stereocenters. The first-order valence-corrected chi connectivity index (χ1v) is 9.82. The number of rotatable bonds is 3. The summed E-state index contributed by atoms with van der Waals surface area (Å²) in [5.74, 6) is 0.398. The smallest absolute Gasteiger partial charge is 0.229 e. The fourth-order valence-corrected chi connectivity index (χ4v) is 5.23. The Kier molecular flexibility index (Phi) is 4.57. The van der Waals surface area contributed by atoms with Crippen molar-refractivity contribution in [3.05, 3.63) is 34.9 Å². The third kappa shape index (κ3) is 3.21. The summed E-state index contributed by atoms with van der Waals surface area (Å²) < 4.78 is 0. The zero-order chi connectivity index (χ0) is 16.6. The molecule has 4 rings (SSSR count). The predicted octanol–water partition coefficient (Wildman–Crippen LogP) is 3.80. The summed E-state index contributed by atoms with van der Waals surface area (Å²) in [6.45, 7) is 1.82. The van der Waals surface area contributed by atoms with E-state index < -0.39 is 0 Å². The second-order valence-electron chi connectivity index (χ2n) is 7.97. The highest BCUT2D eigenvalue weighted by Crippen LogP contribution is 2.43. The fraction of sp³-hybridized carbons (Fsp3) is 0.650. The zero-order valence-corrected chi connectivity index (χ0v) is 15.0. The fourth-order valence-electron chi connectivity index (χ4n) is 5.02. The van der Waals surface area contributed by atoms with Gasteiger partial charge >= 0.3 is 0 Å². The Morgan fingerprint density at radius 1 is 1.21 bits per heavy atom. The molecule has 2 bridgehead atoms. The molecule has 1 N–H and O–H groups in total. The normalized spacial score (nSPS) is 28.8. The van der Waals surface area contributed by atoms with E-state index in [4.69, 9.17) is 11.6 Å². The van der Waals surface area contributed by atoms with Crippen LogP contribution < -0.4 is 5.32 Å². The first-order valence-electron chi connectivity index (χ1n) is 9.45. The molecule has 1 aromatic carbocycles. The highest BCUT2D eigenvalue weighted by Gasteiger charge is 2.44. The molecular weight excluding hydrogens is 320 g/mol. The van der Waals surface area contributed by atoms with Crippen molar-refractivity contribution in [1.82, 2.24) is 10.2 Å². The van der Waals surface area contributed by atoms with Crippen LogP contribution in [-0.2, 0) is 11.2 Å². The van der Waals surface area contributed by atoms with E-state index >= 15 is 0 Å². The first kappa shape index (κ1) is 16.4. The lowest BCUT2D eigenvalue weighted by Gasteiger charge is -2.35. The summed E-state index contributed by atoms with van der Waals surface area (Å²) in [4.78, 5) is 15.7. The molecule has 24 heavy (non-hydrogen) atoms. The molecule has 3 aliphatic rings. The summed E-state index contributed by atoms with van der Waals surface area (Å²) in [5, 5.41) is 4.45. The number of hydrogen-bond donors (Lipinski definition) is 1. The van der Waals surface area contributed by atoms with Crippen LogP contribution in [0.15, 0.2) is 24.3 Å². The average molecular weight is 347 g/mol. The molecule has 4 heteroatoms. The highest BCUT2D eigenvalue weighted by molar-refractivity contribution is 6.30. The monoisotopic (exact) mass is 346 g/mol.